The van der Waals surface area contributed by atoms with Crippen LogP contribution in [0.15, 0.2) is 37.9 Å². The highest BCUT2D eigenvalue weighted by atomic mass is 79.9. The van der Waals surface area contributed by atoms with Crippen molar-refractivity contribution in [2.45, 2.75) is 12.5 Å². The first-order valence-corrected chi connectivity index (χ1v) is 8.34. The SMILES string of the molecule is CNC(Cc1cc(Br)ccc1OC)c1csc(Br)c1. The molecule has 2 rings (SSSR count). The molecule has 19 heavy (non-hydrogen) atoms. The number of rotatable bonds is 5. The van der Waals surface area contributed by atoms with E-state index < -0.39 is 0 Å². The number of hydrogen-bond acceptors (Lipinski definition) is 3. The van der Waals surface area contributed by atoms with Crippen LogP contribution in [-0.4, -0.2) is 14.2 Å². The molecule has 2 aromatic rings. The van der Waals surface area contributed by atoms with E-state index >= 15 is 0 Å². The maximum atomic E-state index is 5.43. The lowest BCUT2D eigenvalue weighted by Gasteiger charge is -2.17. The van der Waals surface area contributed by atoms with Gasteiger partial charge in [-0.05, 0) is 70.2 Å². The Morgan fingerprint density at radius 2 is 2.11 bits per heavy atom. The molecular formula is C14H15Br2NOS. The van der Waals surface area contributed by atoms with Crippen molar-refractivity contribution in [2.75, 3.05) is 14.2 Å². The monoisotopic (exact) mass is 403 g/mol. The Morgan fingerprint density at radius 3 is 2.68 bits per heavy atom. The number of thiophene rings is 1. The van der Waals surface area contributed by atoms with Crippen LogP contribution in [0.3, 0.4) is 0 Å². The van der Waals surface area contributed by atoms with Crippen molar-refractivity contribution in [3.05, 3.63) is 49.0 Å². The Hall–Kier alpha value is -0.360. The van der Waals surface area contributed by atoms with E-state index in [2.05, 4.69) is 54.7 Å². The van der Waals surface area contributed by atoms with Gasteiger partial charge in [-0.3, -0.25) is 0 Å². The van der Waals surface area contributed by atoms with E-state index in [-0.39, 0.29) is 6.04 Å². The molecule has 0 saturated carbocycles. The highest BCUT2D eigenvalue weighted by molar-refractivity contribution is 9.11. The van der Waals surface area contributed by atoms with Crippen LogP contribution >= 0.6 is 43.2 Å². The van der Waals surface area contributed by atoms with Crippen LogP contribution in [0.25, 0.3) is 0 Å². The van der Waals surface area contributed by atoms with Crippen molar-refractivity contribution in [2.24, 2.45) is 0 Å². The van der Waals surface area contributed by atoms with E-state index in [4.69, 9.17) is 4.74 Å². The summed E-state index contributed by atoms with van der Waals surface area (Å²) in [6, 6.07) is 8.56. The van der Waals surface area contributed by atoms with Gasteiger partial charge in [0.1, 0.15) is 5.75 Å². The van der Waals surface area contributed by atoms with Gasteiger partial charge in [0.25, 0.3) is 0 Å². The van der Waals surface area contributed by atoms with Crippen molar-refractivity contribution in [3.8, 4) is 5.75 Å². The van der Waals surface area contributed by atoms with E-state index in [0.717, 1.165) is 20.4 Å². The van der Waals surface area contributed by atoms with E-state index in [1.807, 2.05) is 19.2 Å². The summed E-state index contributed by atoms with van der Waals surface area (Å²) in [5.74, 6) is 0.928. The first-order valence-electron chi connectivity index (χ1n) is 5.87. The molecule has 1 aromatic carbocycles. The molecule has 0 aliphatic rings. The second-order valence-corrected chi connectivity index (χ2v) is 7.39. The van der Waals surface area contributed by atoms with Gasteiger partial charge in [-0.25, -0.2) is 0 Å². The zero-order valence-corrected chi connectivity index (χ0v) is 14.7. The Bertz CT molecular complexity index is 556. The van der Waals surface area contributed by atoms with Crippen LogP contribution in [-0.2, 0) is 6.42 Å². The van der Waals surface area contributed by atoms with Gasteiger partial charge >= 0.3 is 0 Å². The average molecular weight is 405 g/mol. The molecule has 0 spiro atoms. The summed E-state index contributed by atoms with van der Waals surface area (Å²) in [6.07, 6.45) is 0.891. The van der Waals surface area contributed by atoms with Crippen LogP contribution in [0.1, 0.15) is 17.2 Å². The van der Waals surface area contributed by atoms with Gasteiger partial charge in [0, 0.05) is 10.5 Å². The third kappa shape index (κ3) is 3.81. The lowest BCUT2D eigenvalue weighted by atomic mass is 10.0. The summed E-state index contributed by atoms with van der Waals surface area (Å²) in [7, 11) is 3.70. The smallest absolute Gasteiger partial charge is 0.122 e. The van der Waals surface area contributed by atoms with E-state index in [9.17, 15) is 0 Å². The van der Waals surface area contributed by atoms with Gasteiger partial charge in [-0.2, -0.15) is 0 Å². The fraction of sp³-hybridized carbons (Fsp3) is 0.286. The van der Waals surface area contributed by atoms with Crippen LogP contribution in [0.2, 0.25) is 0 Å². The zero-order valence-electron chi connectivity index (χ0n) is 10.7. The molecule has 2 nitrogen and oxygen atoms in total. The van der Waals surface area contributed by atoms with Gasteiger partial charge in [-0.15, -0.1) is 11.3 Å². The summed E-state index contributed by atoms with van der Waals surface area (Å²) in [5, 5.41) is 5.54. The number of nitrogens with one attached hydrogen (secondary N) is 1. The standard InChI is InChI=1S/C14H15Br2NOS/c1-17-12(10-7-14(16)19-8-10)6-9-5-11(15)3-4-13(9)18-2/h3-5,7-8,12,17H,6H2,1-2H3. The number of likely N-dealkylation sites (N-methyl/N-ethyl adjacent to an activating group) is 1. The normalized spacial score (nSPS) is 12.4. The Kier molecular flexibility index (Phi) is 5.45. The van der Waals surface area contributed by atoms with Crippen molar-refractivity contribution in [1.82, 2.24) is 5.32 Å². The predicted molar refractivity (Wildman–Crippen MR) is 88.2 cm³/mol. The molecule has 0 aliphatic carbocycles. The summed E-state index contributed by atoms with van der Waals surface area (Å²) in [6.45, 7) is 0. The van der Waals surface area contributed by atoms with Crippen LogP contribution in [0.4, 0.5) is 0 Å². The molecule has 0 fully saturated rings. The Balaban J connectivity index is 2.25. The second-order valence-electron chi connectivity index (χ2n) is 4.19. The molecule has 0 bridgehead atoms. The molecule has 0 radical (unpaired) electrons. The quantitative estimate of drug-likeness (QED) is 0.773. The predicted octanol–water partition coefficient (Wildman–Crippen LogP) is 4.78. The van der Waals surface area contributed by atoms with Gasteiger partial charge in [0.2, 0.25) is 0 Å². The highest BCUT2D eigenvalue weighted by Crippen LogP contribution is 2.31. The summed E-state index contributed by atoms with van der Waals surface area (Å²) in [4.78, 5) is 0. The molecule has 1 heterocycles. The average Bonchev–Trinajstić information content (AvgIpc) is 2.82. The first kappa shape index (κ1) is 15.0. The molecule has 1 unspecified atom stereocenters. The molecule has 1 N–H and O–H groups in total. The lowest BCUT2D eigenvalue weighted by Crippen LogP contribution is -2.18. The fourth-order valence-electron chi connectivity index (χ4n) is 2.02. The third-order valence-electron chi connectivity index (χ3n) is 3.01. The first-order chi connectivity index (χ1) is 9.13. The number of ether oxygens (including phenoxy) is 1. The highest BCUT2D eigenvalue weighted by Gasteiger charge is 2.14. The van der Waals surface area contributed by atoms with E-state index in [1.54, 1.807) is 18.4 Å². The number of benzene rings is 1. The Labute approximate surface area is 134 Å². The topological polar surface area (TPSA) is 21.3 Å². The largest absolute Gasteiger partial charge is 0.496 e. The van der Waals surface area contributed by atoms with Crippen molar-refractivity contribution < 1.29 is 4.74 Å². The van der Waals surface area contributed by atoms with Gasteiger partial charge in [-0.1, -0.05) is 15.9 Å². The molecule has 0 amide bonds. The van der Waals surface area contributed by atoms with E-state index in [1.165, 1.54) is 11.1 Å². The molecule has 102 valence electrons. The minimum Gasteiger partial charge on any atom is -0.496 e. The van der Waals surface area contributed by atoms with Gasteiger partial charge in [0.15, 0.2) is 0 Å². The summed E-state index contributed by atoms with van der Waals surface area (Å²) >= 11 is 8.74. The maximum Gasteiger partial charge on any atom is 0.122 e. The maximum absolute atomic E-state index is 5.43. The summed E-state index contributed by atoms with van der Waals surface area (Å²) in [5.41, 5.74) is 2.49. The molecule has 5 heteroatoms. The minimum absolute atomic E-state index is 0.283. The number of halogens is 2. The van der Waals surface area contributed by atoms with Crippen molar-refractivity contribution >= 4 is 43.2 Å². The van der Waals surface area contributed by atoms with Crippen LogP contribution in [0, 0.1) is 0 Å². The van der Waals surface area contributed by atoms with Gasteiger partial charge in [0.05, 0.1) is 10.9 Å². The zero-order chi connectivity index (χ0) is 13.8. The third-order valence-corrected chi connectivity index (χ3v) is 5.02. The molecule has 0 saturated heterocycles. The van der Waals surface area contributed by atoms with Crippen LogP contribution < -0.4 is 10.1 Å². The molecule has 1 aromatic heterocycles. The van der Waals surface area contributed by atoms with Crippen molar-refractivity contribution in [1.29, 1.82) is 0 Å². The van der Waals surface area contributed by atoms with Gasteiger partial charge < -0.3 is 10.1 Å². The van der Waals surface area contributed by atoms with E-state index in [0.29, 0.717) is 0 Å². The number of hydrogen-bond donors (Lipinski definition) is 1. The molecule has 0 aliphatic heterocycles. The number of methoxy groups -OCH3 is 1. The fourth-order valence-corrected chi connectivity index (χ4v) is 3.66. The Morgan fingerprint density at radius 1 is 1.32 bits per heavy atom. The minimum atomic E-state index is 0.283. The molecular weight excluding hydrogens is 390 g/mol. The van der Waals surface area contributed by atoms with Crippen LogP contribution in [0.5, 0.6) is 5.75 Å². The second kappa shape index (κ2) is 6.88. The summed E-state index contributed by atoms with van der Waals surface area (Å²) < 4.78 is 7.66. The lowest BCUT2D eigenvalue weighted by molar-refractivity contribution is 0.406. The van der Waals surface area contributed by atoms with Crippen molar-refractivity contribution in [3.63, 3.8) is 0 Å². The molecule has 1 atom stereocenters.